The van der Waals surface area contributed by atoms with Gasteiger partial charge in [0, 0.05) is 35.8 Å². The third kappa shape index (κ3) is 5.94. The highest BCUT2D eigenvalue weighted by Crippen LogP contribution is 2.25. The molecule has 2 bridgehead atoms. The zero-order chi connectivity index (χ0) is 21.6. The fourth-order valence-corrected chi connectivity index (χ4v) is 4.75. The van der Waals surface area contributed by atoms with Crippen molar-refractivity contribution in [3.05, 3.63) is 86.6 Å². The molecule has 6 heteroatoms. The maximum Gasteiger partial charge on any atom is 0.335 e. The molecule has 0 unspecified atom stereocenters. The number of carboxylic acid groups (broad SMARTS) is 1. The van der Waals surface area contributed by atoms with Gasteiger partial charge in [-0.1, -0.05) is 24.3 Å². The molecule has 0 amide bonds. The smallest absolute Gasteiger partial charge is 0.335 e. The lowest BCUT2D eigenvalue weighted by molar-refractivity contribution is 0.0695. The molecule has 1 N–H and O–H groups in total. The van der Waals surface area contributed by atoms with Crippen LogP contribution >= 0.6 is 11.3 Å². The van der Waals surface area contributed by atoms with Gasteiger partial charge in [-0.3, -0.25) is 4.90 Å². The monoisotopic (exact) mass is 437 g/mol. The van der Waals surface area contributed by atoms with Gasteiger partial charge in [0.15, 0.2) is 0 Å². The first-order valence-corrected chi connectivity index (χ1v) is 11.3. The van der Waals surface area contributed by atoms with Gasteiger partial charge in [0.05, 0.1) is 18.8 Å². The van der Waals surface area contributed by atoms with Crippen LogP contribution in [0.15, 0.2) is 54.6 Å². The SMILES string of the molecule is Cc1ccc(CN2CCOCCOc3ccc(C(=O)O)cc3Cc3cccc(c3)C2)s1. The predicted octanol–water partition coefficient (Wildman–Crippen LogP) is 4.76. The van der Waals surface area contributed by atoms with E-state index in [-0.39, 0.29) is 5.56 Å². The highest BCUT2D eigenvalue weighted by molar-refractivity contribution is 7.11. The zero-order valence-corrected chi connectivity index (χ0v) is 18.5. The van der Waals surface area contributed by atoms with Crippen LogP contribution in [0.1, 0.15) is 36.8 Å². The molecule has 31 heavy (non-hydrogen) atoms. The van der Waals surface area contributed by atoms with Crippen LogP contribution in [0.25, 0.3) is 0 Å². The number of hydrogen-bond acceptors (Lipinski definition) is 5. The molecular weight excluding hydrogens is 410 g/mol. The Morgan fingerprint density at radius 2 is 1.94 bits per heavy atom. The lowest BCUT2D eigenvalue weighted by atomic mass is 10.00. The summed E-state index contributed by atoms with van der Waals surface area (Å²) in [6.45, 7) is 6.29. The molecular formula is C25H27NO4S. The van der Waals surface area contributed by atoms with E-state index in [0.717, 1.165) is 30.8 Å². The maximum atomic E-state index is 11.4. The van der Waals surface area contributed by atoms with Gasteiger partial charge < -0.3 is 14.6 Å². The van der Waals surface area contributed by atoms with Crippen LogP contribution in [0, 0.1) is 6.92 Å². The second-order valence-corrected chi connectivity index (χ2v) is 9.18. The highest BCUT2D eigenvalue weighted by Gasteiger charge is 2.13. The summed E-state index contributed by atoms with van der Waals surface area (Å²) in [5, 5.41) is 9.39. The van der Waals surface area contributed by atoms with Gasteiger partial charge in [0.2, 0.25) is 0 Å². The Kier molecular flexibility index (Phi) is 7.02. The average molecular weight is 438 g/mol. The van der Waals surface area contributed by atoms with Crippen molar-refractivity contribution in [2.45, 2.75) is 26.4 Å². The molecule has 0 saturated heterocycles. The molecule has 1 aliphatic rings. The number of aromatic carboxylic acids is 1. The molecule has 0 saturated carbocycles. The summed E-state index contributed by atoms with van der Waals surface area (Å²) < 4.78 is 11.8. The van der Waals surface area contributed by atoms with E-state index in [4.69, 9.17) is 9.47 Å². The number of carbonyl (C=O) groups is 1. The number of fused-ring (bicyclic) bond motifs is 3. The number of hydrogen-bond donors (Lipinski definition) is 1. The largest absolute Gasteiger partial charge is 0.491 e. The van der Waals surface area contributed by atoms with Gasteiger partial charge >= 0.3 is 5.97 Å². The molecule has 5 nitrogen and oxygen atoms in total. The van der Waals surface area contributed by atoms with Gasteiger partial charge in [-0.15, -0.1) is 11.3 Å². The first kappa shape index (κ1) is 21.6. The number of ether oxygens (including phenoxy) is 2. The minimum absolute atomic E-state index is 0.272. The van der Waals surface area contributed by atoms with E-state index in [9.17, 15) is 9.90 Å². The van der Waals surface area contributed by atoms with E-state index < -0.39 is 5.97 Å². The Labute approximate surface area is 186 Å². The topological polar surface area (TPSA) is 59.0 Å². The van der Waals surface area contributed by atoms with Gasteiger partial charge in [-0.05, 0) is 53.9 Å². The van der Waals surface area contributed by atoms with Gasteiger partial charge in [0.25, 0.3) is 0 Å². The minimum Gasteiger partial charge on any atom is -0.491 e. The van der Waals surface area contributed by atoms with Crippen LogP contribution in [0.2, 0.25) is 0 Å². The number of nitrogens with zero attached hydrogens (tertiary/aromatic N) is 1. The second kappa shape index (κ2) is 10.1. The van der Waals surface area contributed by atoms with E-state index >= 15 is 0 Å². The van der Waals surface area contributed by atoms with Crippen molar-refractivity contribution in [3.63, 3.8) is 0 Å². The minimum atomic E-state index is -0.932. The summed E-state index contributed by atoms with van der Waals surface area (Å²) in [5.41, 5.74) is 3.53. The molecule has 4 rings (SSSR count). The van der Waals surface area contributed by atoms with Gasteiger partial charge in [-0.25, -0.2) is 4.79 Å². The molecule has 2 aromatic carbocycles. The molecule has 0 aliphatic carbocycles. The van der Waals surface area contributed by atoms with Crippen LogP contribution in [-0.4, -0.2) is 42.3 Å². The van der Waals surface area contributed by atoms with E-state index in [1.807, 2.05) is 11.3 Å². The standard InChI is InChI=1S/C25H27NO4S/c1-18-5-7-23(31-18)17-26-9-10-29-11-12-30-24-8-6-21(25(27)28)15-22(24)14-19-3-2-4-20(13-19)16-26/h2-8,13,15H,9-12,14,16-17H2,1H3,(H,27,28). The fourth-order valence-electron chi connectivity index (χ4n) is 3.82. The normalized spacial score (nSPS) is 15.5. The number of benzene rings is 2. The Bertz CT molecular complexity index is 1050. The zero-order valence-electron chi connectivity index (χ0n) is 17.7. The third-order valence-electron chi connectivity index (χ3n) is 5.31. The van der Waals surface area contributed by atoms with Gasteiger partial charge in [-0.2, -0.15) is 0 Å². The van der Waals surface area contributed by atoms with E-state index in [2.05, 4.69) is 48.2 Å². The number of rotatable bonds is 3. The number of aryl methyl sites for hydroxylation is 1. The van der Waals surface area contributed by atoms with Gasteiger partial charge in [0.1, 0.15) is 12.4 Å². The maximum absolute atomic E-state index is 11.4. The van der Waals surface area contributed by atoms with E-state index in [1.54, 1.807) is 18.2 Å². The summed E-state index contributed by atoms with van der Waals surface area (Å²) in [6, 6.07) is 17.9. The van der Waals surface area contributed by atoms with E-state index in [0.29, 0.717) is 32.0 Å². The summed E-state index contributed by atoms with van der Waals surface area (Å²) >= 11 is 1.84. The van der Waals surface area contributed by atoms with Crippen LogP contribution in [0.4, 0.5) is 0 Å². The Morgan fingerprint density at radius 1 is 1.06 bits per heavy atom. The van der Waals surface area contributed by atoms with Crippen molar-refractivity contribution in [3.8, 4) is 5.75 Å². The molecule has 162 valence electrons. The van der Waals surface area contributed by atoms with Crippen molar-refractivity contribution in [1.29, 1.82) is 0 Å². The molecule has 3 aromatic rings. The molecule has 0 fully saturated rings. The van der Waals surface area contributed by atoms with Crippen molar-refractivity contribution in [2.75, 3.05) is 26.4 Å². The van der Waals surface area contributed by atoms with Crippen molar-refractivity contribution in [1.82, 2.24) is 4.90 Å². The van der Waals surface area contributed by atoms with Crippen molar-refractivity contribution >= 4 is 17.3 Å². The van der Waals surface area contributed by atoms with Crippen LogP contribution in [-0.2, 0) is 24.2 Å². The van der Waals surface area contributed by atoms with Crippen molar-refractivity contribution in [2.24, 2.45) is 0 Å². The van der Waals surface area contributed by atoms with Crippen LogP contribution in [0.3, 0.4) is 0 Å². The highest BCUT2D eigenvalue weighted by atomic mass is 32.1. The number of thiophene rings is 1. The lowest BCUT2D eigenvalue weighted by Gasteiger charge is -2.23. The summed E-state index contributed by atoms with van der Waals surface area (Å²) in [6.07, 6.45) is 0.620. The average Bonchev–Trinajstić information content (AvgIpc) is 3.15. The first-order valence-electron chi connectivity index (χ1n) is 10.5. The Morgan fingerprint density at radius 3 is 2.74 bits per heavy atom. The molecule has 1 aromatic heterocycles. The van der Waals surface area contributed by atoms with Crippen LogP contribution < -0.4 is 4.74 Å². The van der Waals surface area contributed by atoms with E-state index in [1.165, 1.54) is 15.3 Å². The first-order chi connectivity index (χ1) is 15.1. The molecule has 0 spiro atoms. The quantitative estimate of drug-likeness (QED) is 0.640. The third-order valence-corrected chi connectivity index (χ3v) is 6.30. The summed E-state index contributed by atoms with van der Waals surface area (Å²) in [4.78, 5) is 16.5. The molecule has 1 aliphatic heterocycles. The molecule has 0 atom stereocenters. The Balaban J connectivity index is 1.60. The summed E-state index contributed by atoms with van der Waals surface area (Å²) in [5.74, 6) is -0.218. The molecule has 0 radical (unpaired) electrons. The second-order valence-electron chi connectivity index (χ2n) is 7.81. The fraction of sp³-hybridized carbons (Fsp3) is 0.320. The lowest BCUT2D eigenvalue weighted by Crippen LogP contribution is -2.27. The van der Waals surface area contributed by atoms with Crippen molar-refractivity contribution < 1.29 is 19.4 Å². The number of carboxylic acids is 1. The predicted molar refractivity (Wildman–Crippen MR) is 122 cm³/mol. The molecule has 2 heterocycles. The van der Waals surface area contributed by atoms with Crippen LogP contribution in [0.5, 0.6) is 5.75 Å². The Hall–Kier alpha value is -2.67. The summed E-state index contributed by atoms with van der Waals surface area (Å²) in [7, 11) is 0.